The molecule has 2 aromatic rings. The second-order valence-electron chi connectivity index (χ2n) is 3.70. The minimum absolute atomic E-state index is 0.571. The quantitative estimate of drug-likeness (QED) is 0.824. The van der Waals surface area contributed by atoms with Crippen LogP contribution in [0.3, 0.4) is 0 Å². The van der Waals surface area contributed by atoms with Gasteiger partial charge in [-0.3, -0.25) is 4.57 Å². The van der Waals surface area contributed by atoms with Gasteiger partial charge in [-0.1, -0.05) is 0 Å². The van der Waals surface area contributed by atoms with Crippen LogP contribution in [-0.2, 0) is 6.42 Å². The zero-order valence-corrected chi connectivity index (χ0v) is 9.51. The number of hydrogen-bond donors (Lipinski definition) is 1. The first kappa shape index (κ1) is 10.8. The number of nitrogens with two attached hydrogens (primary N) is 1. The highest BCUT2D eigenvalue weighted by Crippen LogP contribution is 2.08. The fourth-order valence-electron chi connectivity index (χ4n) is 1.65. The maximum atomic E-state index is 5.53. The summed E-state index contributed by atoms with van der Waals surface area (Å²) >= 11 is 0. The molecule has 2 rings (SSSR count). The van der Waals surface area contributed by atoms with Crippen LogP contribution in [0.1, 0.15) is 17.2 Å². The fraction of sp³-hybridized carbons (Fsp3) is 0.364. The van der Waals surface area contributed by atoms with E-state index in [1.807, 2.05) is 30.7 Å². The maximum absolute atomic E-state index is 5.53. The van der Waals surface area contributed by atoms with Crippen molar-refractivity contribution in [2.75, 3.05) is 6.54 Å². The molecule has 0 saturated heterocycles. The van der Waals surface area contributed by atoms with Crippen LogP contribution < -0.4 is 5.73 Å². The molecule has 0 aliphatic carbocycles. The zero-order chi connectivity index (χ0) is 11.5. The van der Waals surface area contributed by atoms with E-state index in [9.17, 15) is 0 Å². The van der Waals surface area contributed by atoms with E-state index in [0.717, 1.165) is 23.6 Å². The molecule has 0 amide bonds. The Morgan fingerprint density at radius 3 is 2.56 bits per heavy atom. The van der Waals surface area contributed by atoms with Gasteiger partial charge in [-0.25, -0.2) is 15.0 Å². The fourth-order valence-corrected chi connectivity index (χ4v) is 1.65. The third kappa shape index (κ3) is 2.09. The van der Waals surface area contributed by atoms with Gasteiger partial charge in [0.15, 0.2) is 0 Å². The van der Waals surface area contributed by atoms with Gasteiger partial charge < -0.3 is 5.73 Å². The summed E-state index contributed by atoms with van der Waals surface area (Å²) in [5.41, 5.74) is 7.44. The molecule has 0 bridgehead atoms. The average Bonchev–Trinajstić information content (AvgIpc) is 2.65. The van der Waals surface area contributed by atoms with Crippen molar-refractivity contribution in [3.05, 3.63) is 35.7 Å². The number of imidazole rings is 1. The smallest absolute Gasteiger partial charge is 0.235 e. The Bertz CT molecular complexity index is 469. The van der Waals surface area contributed by atoms with E-state index >= 15 is 0 Å². The summed E-state index contributed by atoms with van der Waals surface area (Å²) in [6.45, 7) is 4.48. The highest BCUT2D eigenvalue weighted by atomic mass is 15.2. The van der Waals surface area contributed by atoms with E-state index in [1.165, 1.54) is 0 Å². The van der Waals surface area contributed by atoms with Gasteiger partial charge in [0.05, 0.1) is 0 Å². The van der Waals surface area contributed by atoms with Crippen LogP contribution in [0.25, 0.3) is 5.95 Å². The van der Waals surface area contributed by atoms with Crippen molar-refractivity contribution < 1.29 is 0 Å². The van der Waals surface area contributed by atoms with Gasteiger partial charge in [-0.05, 0) is 26.5 Å². The summed E-state index contributed by atoms with van der Waals surface area (Å²) in [5, 5.41) is 0. The van der Waals surface area contributed by atoms with Gasteiger partial charge >= 0.3 is 0 Å². The molecular formula is C11H15N5. The lowest BCUT2D eigenvalue weighted by atomic mass is 10.3. The Labute approximate surface area is 94.4 Å². The third-order valence-electron chi connectivity index (χ3n) is 2.27. The van der Waals surface area contributed by atoms with Crippen LogP contribution in [-0.4, -0.2) is 26.1 Å². The van der Waals surface area contributed by atoms with E-state index < -0.39 is 0 Å². The Balaban J connectivity index is 2.45. The number of nitrogens with zero attached hydrogens (tertiary/aromatic N) is 4. The van der Waals surface area contributed by atoms with E-state index in [0.29, 0.717) is 12.5 Å². The molecule has 2 N–H and O–H groups in total. The summed E-state index contributed by atoms with van der Waals surface area (Å²) in [4.78, 5) is 13.0. The van der Waals surface area contributed by atoms with Crippen LogP contribution in [0, 0.1) is 13.8 Å². The molecule has 16 heavy (non-hydrogen) atoms. The minimum atomic E-state index is 0.571. The summed E-state index contributed by atoms with van der Waals surface area (Å²) in [6, 6.07) is 1.95. The van der Waals surface area contributed by atoms with Gasteiger partial charge in [0, 0.05) is 30.2 Å². The van der Waals surface area contributed by atoms with Crippen LogP contribution in [0.15, 0.2) is 18.5 Å². The van der Waals surface area contributed by atoms with Crippen molar-refractivity contribution in [2.45, 2.75) is 20.3 Å². The van der Waals surface area contributed by atoms with Crippen LogP contribution in [0.2, 0.25) is 0 Å². The molecule has 2 heterocycles. The number of aryl methyl sites for hydroxylation is 2. The van der Waals surface area contributed by atoms with Crippen molar-refractivity contribution in [3.63, 3.8) is 0 Å². The van der Waals surface area contributed by atoms with Crippen molar-refractivity contribution in [2.24, 2.45) is 5.73 Å². The van der Waals surface area contributed by atoms with E-state index in [-0.39, 0.29) is 0 Å². The first-order chi connectivity index (χ1) is 7.70. The first-order valence-electron chi connectivity index (χ1n) is 5.25. The van der Waals surface area contributed by atoms with Crippen molar-refractivity contribution in [1.82, 2.24) is 19.5 Å². The summed E-state index contributed by atoms with van der Waals surface area (Å²) < 4.78 is 1.88. The monoisotopic (exact) mass is 217 g/mol. The largest absolute Gasteiger partial charge is 0.330 e. The maximum Gasteiger partial charge on any atom is 0.235 e. The molecule has 0 fully saturated rings. The van der Waals surface area contributed by atoms with E-state index in [2.05, 4.69) is 15.0 Å². The van der Waals surface area contributed by atoms with Crippen LogP contribution in [0.4, 0.5) is 0 Å². The van der Waals surface area contributed by atoms with Gasteiger partial charge in [0.25, 0.3) is 0 Å². The van der Waals surface area contributed by atoms with Crippen molar-refractivity contribution in [3.8, 4) is 5.95 Å². The number of rotatable bonds is 3. The normalized spacial score (nSPS) is 10.7. The SMILES string of the molecule is Cc1cc(C)nc(-n2ccnc2CCN)n1. The Morgan fingerprint density at radius 2 is 1.94 bits per heavy atom. The molecule has 5 nitrogen and oxygen atoms in total. The van der Waals surface area contributed by atoms with E-state index in [4.69, 9.17) is 5.73 Å². The Kier molecular flexibility index (Phi) is 2.96. The first-order valence-corrected chi connectivity index (χ1v) is 5.25. The molecule has 2 aromatic heterocycles. The van der Waals surface area contributed by atoms with Crippen molar-refractivity contribution in [1.29, 1.82) is 0 Å². The third-order valence-corrected chi connectivity index (χ3v) is 2.27. The summed E-state index contributed by atoms with van der Waals surface area (Å²) in [5.74, 6) is 1.56. The summed E-state index contributed by atoms with van der Waals surface area (Å²) in [6.07, 6.45) is 4.33. The lowest BCUT2D eigenvalue weighted by Gasteiger charge is -2.06. The molecule has 0 radical (unpaired) electrons. The van der Waals surface area contributed by atoms with Crippen molar-refractivity contribution >= 4 is 0 Å². The molecule has 0 aliphatic rings. The van der Waals surface area contributed by atoms with Gasteiger partial charge in [-0.15, -0.1) is 0 Å². The summed E-state index contributed by atoms with van der Waals surface area (Å²) in [7, 11) is 0. The molecular weight excluding hydrogens is 202 g/mol. The highest BCUT2D eigenvalue weighted by molar-refractivity contribution is 5.20. The van der Waals surface area contributed by atoms with E-state index in [1.54, 1.807) is 6.20 Å². The zero-order valence-electron chi connectivity index (χ0n) is 9.51. The number of aromatic nitrogens is 4. The highest BCUT2D eigenvalue weighted by Gasteiger charge is 2.07. The molecule has 5 heteroatoms. The number of hydrogen-bond acceptors (Lipinski definition) is 4. The lowest BCUT2D eigenvalue weighted by Crippen LogP contribution is -2.11. The average molecular weight is 217 g/mol. The predicted octanol–water partition coefficient (Wildman–Crippen LogP) is 0.780. The van der Waals surface area contributed by atoms with Gasteiger partial charge in [0.1, 0.15) is 5.82 Å². The Morgan fingerprint density at radius 1 is 1.25 bits per heavy atom. The molecule has 0 saturated carbocycles. The lowest BCUT2D eigenvalue weighted by molar-refractivity contribution is 0.794. The predicted molar refractivity (Wildman–Crippen MR) is 61.4 cm³/mol. The Hall–Kier alpha value is -1.75. The molecule has 0 aromatic carbocycles. The molecule has 0 atom stereocenters. The molecule has 0 aliphatic heterocycles. The second-order valence-corrected chi connectivity index (χ2v) is 3.70. The van der Waals surface area contributed by atoms with Crippen LogP contribution >= 0.6 is 0 Å². The van der Waals surface area contributed by atoms with Crippen LogP contribution in [0.5, 0.6) is 0 Å². The van der Waals surface area contributed by atoms with Gasteiger partial charge in [-0.2, -0.15) is 0 Å². The topological polar surface area (TPSA) is 69.6 Å². The second kappa shape index (κ2) is 4.40. The molecule has 84 valence electrons. The minimum Gasteiger partial charge on any atom is -0.330 e. The molecule has 0 spiro atoms. The standard InChI is InChI=1S/C11H15N5/c1-8-7-9(2)15-11(14-8)16-6-5-13-10(16)3-4-12/h5-7H,3-4,12H2,1-2H3. The van der Waals surface area contributed by atoms with Gasteiger partial charge in [0.2, 0.25) is 5.95 Å². The molecule has 0 unspecified atom stereocenters.